The van der Waals surface area contributed by atoms with Crippen LogP contribution in [0.25, 0.3) is 28.2 Å². The van der Waals surface area contributed by atoms with E-state index in [0.29, 0.717) is 12.0 Å². The summed E-state index contributed by atoms with van der Waals surface area (Å²) in [5, 5.41) is 4.78. The number of imidazole rings is 1. The number of carbonyl (C=O) groups excluding carboxylic acids is 1. The molecule has 3 aliphatic rings. The smallest absolute Gasteiger partial charge is 0.245 e. The fraction of sp³-hybridized carbons (Fsp3) is 0.344. The molecule has 7 heteroatoms. The second-order valence-corrected chi connectivity index (χ2v) is 10.6. The molecule has 1 saturated carbocycles. The highest BCUT2D eigenvalue weighted by molar-refractivity contribution is 5.87. The zero-order valence-corrected chi connectivity index (χ0v) is 22.3. The van der Waals surface area contributed by atoms with Gasteiger partial charge in [0, 0.05) is 36.3 Å². The van der Waals surface area contributed by atoms with Crippen molar-refractivity contribution in [2.24, 2.45) is 5.73 Å². The Labute approximate surface area is 229 Å². The Kier molecular flexibility index (Phi) is 7.16. The van der Waals surface area contributed by atoms with Gasteiger partial charge < -0.3 is 15.4 Å². The lowest BCUT2D eigenvalue weighted by Gasteiger charge is -2.29. The number of ether oxygens (including phenoxy) is 1. The van der Waals surface area contributed by atoms with E-state index < -0.39 is 0 Å². The molecule has 1 saturated heterocycles. The number of piperidine rings is 1. The summed E-state index contributed by atoms with van der Waals surface area (Å²) in [7, 11) is 0. The van der Waals surface area contributed by atoms with E-state index in [1.807, 2.05) is 22.7 Å². The maximum absolute atomic E-state index is 11.0. The summed E-state index contributed by atoms with van der Waals surface area (Å²) in [6.45, 7) is 5.00. The van der Waals surface area contributed by atoms with Crippen LogP contribution in [-0.2, 0) is 17.6 Å². The van der Waals surface area contributed by atoms with Gasteiger partial charge in [-0.25, -0.2) is 9.50 Å². The molecule has 2 aromatic carbocycles. The number of nitrogens with two attached hydrogens (primary N) is 1. The molecule has 0 bridgehead atoms. The molecule has 2 fully saturated rings. The van der Waals surface area contributed by atoms with Crippen LogP contribution in [-0.4, -0.2) is 50.6 Å². The molecule has 200 valence electrons. The van der Waals surface area contributed by atoms with Crippen LogP contribution in [0, 0.1) is 0 Å². The van der Waals surface area contributed by atoms with E-state index in [9.17, 15) is 4.79 Å². The van der Waals surface area contributed by atoms with E-state index >= 15 is 0 Å². The van der Waals surface area contributed by atoms with Crippen LogP contribution >= 0.6 is 0 Å². The van der Waals surface area contributed by atoms with Crippen LogP contribution in [0.4, 0.5) is 0 Å². The number of aryl methyl sites for hydroxylation is 2. The first kappa shape index (κ1) is 25.3. The van der Waals surface area contributed by atoms with Gasteiger partial charge in [-0.05, 0) is 74.3 Å². The highest BCUT2D eigenvalue weighted by atomic mass is 16.5. The number of benzene rings is 2. The summed E-state index contributed by atoms with van der Waals surface area (Å²) in [6.07, 6.45) is 9.36. The fourth-order valence-corrected chi connectivity index (χ4v) is 5.36. The Balaban J connectivity index is 0.000000213. The minimum Gasteiger partial charge on any atom is -0.473 e. The molecule has 0 atom stereocenters. The molecular weight excluding hydrogens is 486 g/mol. The number of hydrogen-bond acceptors (Lipinski definition) is 5. The molecule has 0 radical (unpaired) electrons. The van der Waals surface area contributed by atoms with Crippen LogP contribution in [0.5, 0.6) is 5.88 Å². The van der Waals surface area contributed by atoms with Crippen molar-refractivity contribution in [3.8, 4) is 28.4 Å². The van der Waals surface area contributed by atoms with Gasteiger partial charge >= 0.3 is 0 Å². The van der Waals surface area contributed by atoms with Gasteiger partial charge in [-0.2, -0.15) is 0 Å². The SMILES string of the molecule is C=CC(=O)N1CCC(N)CC1.c1ccc(-c2c(-c3ccc4c(c3)CCC4)nc3ccc(OC4CC4)nn23)cc1. The molecule has 1 aliphatic heterocycles. The van der Waals surface area contributed by atoms with Gasteiger partial charge in [-0.1, -0.05) is 49.0 Å². The summed E-state index contributed by atoms with van der Waals surface area (Å²) < 4.78 is 7.88. The van der Waals surface area contributed by atoms with Crippen LogP contribution in [0.15, 0.2) is 73.3 Å². The Morgan fingerprint density at radius 1 is 0.949 bits per heavy atom. The average molecular weight is 522 g/mol. The quantitative estimate of drug-likeness (QED) is 0.364. The molecule has 7 nitrogen and oxygen atoms in total. The molecule has 7 rings (SSSR count). The van der Waals surface area contributed by atoms with Gasteiger partial charge in [0.05, 0.1) is 5.69 Å². The standard InChI is InChI=1S/C24H21N3O.C8H14N2O/c1-2-5-17(6-3-1)24-23(19-10-9-16-7-4-8-18(16)15-19)25-21-13-14-22(26-27(21)24)28-20-11-12-20;1-2-8(11)10-5-3-7(9)4-6-10/h1-3,5-6,9-10,13-15,20H,4,7-8,11-12H2;2,7H,1,3-6,9H2. The zero-order chi connectivity index (χ0) is 26.8. The van der Waals surface area contributed by atoms with Crippen molar-refractivity contribution in [2.45, 2.75) is 57.1 Å². The van der Waals surface area contributed by atoms with Gasteiger partial charge in [0.15, 0.2) is 5.65 Å². The lowest BCUT2D eigenvalue weighted by molar-refractivity contribution is -0.126. The van der Waals surface area contributed by atoms with Crippen LogP contribution < -0.4 is 10.5 Å². The normalized spacial score (nSPS) is 16.9. The fourth-order valence-electron chi connectivity index (χ4n) is 5.36. The Morgan fingerprint density at radius 2 is 1.72 bits per heavy atom. The van der Waals surface area contributed by atoms with Crippen LogP contribution in [0.1, 0.15) is 43.2 Å². The third-order valence-electron chi connectivity index (χ3n) is 7.71. The summed E-state index contributed by atoms with van der Waals surface area (Å²) in [6, 6.07) is 21.4. The van der Waals surface area contributed by atoms with Crippen molar-refractivity contribution in [3.63, 3.8) is 0 Å². The van der Waals surface area contributed by atoms with E-state index in [2.05, 4.69) is 49.0 Å². The number of likely N-dealkylation sites (tertiary alicyclic amines) is 1. The molecule has 1 amide bonds. The number of carbonyl (C=O) groups is 1. The number of rotatable bonds is 5. The predicted octanol–water partition coefficient (Wildman–Crippen LogP) is 5.22. The van der Waals surface area contributed by atoms with Crippen molar-refractivity contribution in [3.05, 3.63) is 84.4 Å². The number of nitrogens with zero attached hydrogens (tertiary/aromatic N) is 4. The Morgan fingerprint density at radius 3 is 2.46 bits per heavy atom. The van der Waals surface area contributed by atoms with Crippen molar-refractivity contribution in [2.75, 3.05) is 13.1 Å². The largest absolute Gasteiger partial charge is 0.473 e. The minimum absolute atomic E-state index is 0.0249. The molecule has 4 aromatic rings. The van der Waals surface area contributed by atoms with Gasteiger partial charge in [-0.15, -0.1) is 5.10 Å². The maximum Gasteiger partial charge on any atom is 0.245 e. The van der Waals surface area contributed by atoms with Crippen molar-refractivity contribution >= 4 is 11.6 Å². The first-order valence-electron chi connectivity index (χ1n) is 14.0. The molecule has 39 heavy (non-hydrogen) atoms. The summed E-state index contributed by atoms with van der Waals surface area (Å²) >= 11 is 0. The van der Waals surface area contributed by atoms with Gasteiger partial charge in [0.1, 0.15) is 11.8 Å². The maximum atomic E-state index is 11.0. The van der Waals surface area contributed by atoms with Crippen molar-refractivity contribution in [1.82, 2.24) is 19.5 Å². The second kappa shape index (κ2) is 11.0. The average Bonchev–Trinajstić information content (AvgIpc) is 3.52. The Bertz CT molecular complexity index is 1480. The van der Waals surface area contributed by atoms with Crippen LogP contribution in [0.3, 0.4) is 0 Å². The second-order valence-electron chi connectivity index (χ2n) is 10.6. The summed E-state index contributed by atoms with van der Waals surface area (Å²) in [5.74, 6) is 0.696. The van der Waals surface area contributed by atoms with Crippen LogP contribution in [0.2, 0.25) is 0 Å². The van der Waals surface area contributed by atoms with E-state index in [1.165, 1.54) is 30.0 Å². The molecule has 0 spiro atoms. The van der Waals surface area contributed by atoms with E-state index in [-0.39, 0.29) is 11.9 Å². The lowest BCUT2D eigenvalue weighted by atomic mass is 10.0. The third-order valence-corrected chi connectivity index (χ3v) is 7.71. The van der Waals surface area contributed by atoms with Gasteiger partial charge in [0.25, 0.3) is 0 Å². The molecule has 2 aromatic heterocycles. The number of amides is 1. The molecule has 2 aliphatic carbocycles. The summed E-state index contributed by atoms with van der Waals surface area (Å²) in [4.78, 5) is 17.8. The Hall–Kier alpha value is -3.97. The van der Waals surface area contributed by atoms with E-state index in [0.717, 1.165) is 73.4 Å². The lowest BCUT2D eigenvalue weighted by Crippen LogP contribution is -2.42. The van der Waals surface area contributed by atoms with Crippen molar-refractivity contribution in [1.29, 1.82) is 0 Å². The van der Waals surface area contributed by atoms with Gasteiger partial charge in [0.2, 0.25) is 11.8 Å². The predicted molar refractivity (Wildman–Crippen MR) is 154 cm³/mol. The molecule has 0 unspecified atom stereocenters. The number of fused-ring (bicyclic) bond motifs is 2. The zero-order valence-electron chi connectivity index (χ0n) is 22.3. The van der Waals surface area contributed by atoms with Crippen molar-refractivity contribution < 1.29 is 9.53 Å². The molecule has 3 heterocycles. The van der Waals surface area contributed by atoms with E-state index in [4.69, 9.17) is 20.6 Å². The minimum atomic E-state index is 0.0249. The topological polar surface area (TPSA) is 85.8 Å². The summed E-state index contributed by atoms with van der Waals surface area (Å²) in [5.41, 5.74) is 13.7. The molecule has 2 N–H and O–H groups in total. The first-order chi connectivity index (χ1) is 19.1. The molecular formula is C32H35N5O2. The number of hydrogen-bond donors (Lipinski definition) is 1. The highest BCUT2D eigenvalue weighted by Gasteiger charge is 2.25. The van der Waals surface area contributed by atoms with Gasteiger partial charge in [-0.3, -0.25) is 4.79 Å². The first-order valence-corrected chi connectivity index (χ1v) is 14.0. The number of aromatic nitrogens is 3. The monoisotopic (exact) mass is 521 g/mol. The highest BCUT2D eigenvalue weighted by Crippen LogP contribution is 2.35. The van der Waals surface area contributed by atoms with E-state index in [1.54, 1.807) is 4.90 Å². The third kappa shape index (κ3) is 5.59.